The Hall–Kier alpha value is -0.710. The van der Waals surface area contributed by atoms with E-state index in [1.54, 1.807) is 0 Å². The van der Waals surface area contributed by atoms with Gasteiger partial charge in [-0.2, -0.15) is 0 Å². The van der Waals surface area contributed by atoms with Crippen LogP contribution in [0.4, 0.5) is 0 Å². The van der Waals surface area contributed by atoms with Crippen molar-refractivity contribution in [2.75, 3.05) is 26.2 Å². The van der Waals surface area contributed by atoms with Gasteiger partial charge in [0.1, 0.15) is 0 Å². The minimum absolute atomic E-state index is 0.190. The predicted octanol–water partition coefficient (Wildman–Crippen LogP) is 2.34. The molecule has 0 saturated carbocycles. The maximum absolute atomic E-state index is 12.0. The number of nitrogens with zero attached hydrogens (tertiary/aromatic N) is 1. The minimum Gasteiger partial charge on any atom is -0.396 e. The molecular formula is C14H18BrNO2. The zero-order valence-electron chi connectivity index (χ0n) is 10.3. The van der Waals surface area contributed by atoms with E-state index in [2.05, 4.69) is 20.8 Å². The summed E-state index contributed by atoms with van der Waals surface area (Å²) in [6.45, 7) is 2.98. The lowest BCUT2D eigenvalue weighted by molar-refractivity contribution is 0.0967. The van der Waals surface area contributed by atoms with Crippen LogP contribution >= 0.6 is 15.9 Å². The molecule has 1 heterocycles. The second kappa shape index (κ2) is 6.45. The van der Waals surface area contributed by atoms with Crippen molar-refractivity contribution in [1.29, 1.82) is 0 Å². The molecule has 1 atom stereocenters. The van der Waals surface area contributed by atoms with Crippen LogP contribution in [0.1, 0.15) is 23.2 Å². The van der Waals surface area contributed by atoms with Crippen LogP contribution in [0.25, 0.3) is 0 Å². The number of carbonyl (C=O) groups is 1. The first-order chi connectivity index (χ1) is 8.69. The molecule has 1 aliphatic heterocycles. The first-order valence-corrected chi connectivity index (χ1v) is 7.10. The van der Waals surface area contributed by atoms with E-state index in [1.165, 1.54) is 0 Å². The molecule has 0 aliphatic carbocycles. The number of likely N-dealkylation sites (tertiary alicyclic amines) is 1. The quantitative estimate of drug-likeness (QED) is 0.849. The summed E-state index contributed by atoms with van der Waals surface area (Å²) in [7, 11) is 0. The molecular weight excluding hydrogens is 294 g/mol. The van der Waals surface area contributed by atoms with Crippen LogP contribution < -0.4 is 0 Å². The van der Waals surface area contributed by atoms with Crippen LogP contribution in [0, 0.1) is 5.92 Å². The van der Waals surface area contributed by atoms with E-state index >= 15 is 0 Å². The van der Waals surface area contributed by atoms with Gasteiger partial charge in [0, 0.05) is 36.2 Å². The molecule has 1 aliphatic rings. The second-order valence-corrected chi connectivity index (χ2v) is 5.73. The van der Waals surface area contributed by atoms with Gasteiger partial charge in [-0.3, -0.25) is 4.79 Å². The Bertz CT molecular complexity index is 405. The molecule has 4 heteroatoms. The molecule has 1 saturated heterocycles. The maximum Gasteiger partial charge on any atom is 0.164 e. The van der Waals surface area contributed by atoms with Crippen LogP contribution in [0.2, 0.25) is 0 Å². The van der Waals surface area contributed by atoms with Crippen molar-refractivity contribution in [3.05, 3.63) is 34.3 Å². The lowest BCUT2D eigenvalue weighted by Crippen LogP contribution is -2.24. The highest BCUT2D eigenvalue weighted by molar-refractivity contribution is 9.10. The Balaban J connectivity index is 1.80. The van der Waals surface area contributed by atoms with Gasteiger partial charge in [-0.05, 0) is 31.0 Å². The molecule has 0 radical (unpaired) electrons. The summed E-state index contributed by atoms with van der Waals surface area (Å²) >= 11 is 3.36. The summed E-state index contributed by atoms with van der Waals surface area (Å²) in [5.74, 6) is 0.586. The molecule has 0 bridgehead atoms. The number of aliphatic hydroxyl groups is 1. The van der Waals surface area contributed by atoms with Crippen molar-refractivity contribution in [3.63, 3.8) is 0 Å². The van der Waals surface area contributed by atoms with E-state index in [1.807, 2.05) is 24.3 Å². The Morgan fingerprint density at radius 1 is 1.39 bits per heavy atom. The fourth-order valence-electron chi connectivity index (χ4n) is 2.30. The SMILES string of the molecule is O=C(CCN1CCC(CO)C1)c1ccc(Br)cc1. The molecule has 0 amide bonds. The molecule has 1 unspecified atom stereocenters. The summed E-state index contributed by atoms with van der Waals surface area (Å²) in [6, 6.07) is 7.50. The van der Waals surface area contributed by atoms with Gasteiger partial charge in [0.05, 0.1) is 0 Å². The Labute approximate surface area is 116 Å². The number of aliphatic hydroxyl groups excluding tert-OH is 1. The summed E-state index contributed by atoms with van der Waals surface area (Å²) in [5, 5.41) is 9.07. The zero-order valence-corrected chi connectivity index (χ0v) is 11.9. The minimum atomic E-state index is 0.190. The molecule has 1 aromatic carbocycles. The fourth-order valence-corrected chi connectivity index (χ4v) is 2.57. The number of halogens is 1. The Morgan fingerprint density at radius 2 is 2.11 bits per heavy atom. The standard InChI is InChI=1S/C14H18BrNO2/c15-13-3-1-12(2-4-13)14(18)6-8-16-7-5-11(9-16)10-17/h1-4,11,17H,5-10H2. The number of ketones is 1. The number of hydrogen-bond donors (Lipinski definition) is 1. The van der Waals surface area contributed by atoms with Crippen molar-refractivity contribution in [2.24, 2.45) is 5.92 Å². The maximum atomic E-state index is 12.0. The largest absolute Gasteiger partial charge is 0.396 e. The highest BCUT2D eigenvalue weighted by Crippen LogP contribution is 2.16. The van der Waals surface area contributed by atoms with Crippen molar-refractivity contribution >= 4 is 21.7 Å². The normalized spacial score (nSPS) is 20.2. The lowest BCUT2D eigenvalue weighted by Gasteiger charge is -2.14. The summed E-state index contributed by atoms with van der Waals surface area (Å²) in [5.41, 5.74) is 0.774. The summed E-state index contributed by atoms with van der Waals surface area (Å²) in [4.78, 5) is 14.2. The van der Waals surface area contributed by atoms with Crippen molar-refractivity contribution in [2.45, 2.75) is 12.8 Å². The average Bonchev–Trinajstić information content (AvgIpc) is 2.85. The third kappa shape index (κ3) is 3.64. The van der Waals surface area contributed by atoms with Gasteiger partial charge in [-0.15, -0.1) is 0 Å². The number of rotatable bonds is 5. The molecule has 1 aromatic rings. The van der Waals surface area contributed by atoms with E-state index in [9.17, 15) is 4.79 Å². The Kier molecular flexibility index (Phi) is 4.92. The van der Waals surface area contributed by atoms with Gasteiger partial charge in [0.2, 0.25) is 0 Å². The monoisotopic (exact) mass is 311 g/mol. The van der Waals surface area contributed by atoms with Gasteiger partial charge in [-0.25, -0.2) is 0 Å². The molecule has 1 fully saturated rings. The topological polar surface area (TPSA) is 40.5 Å². The highest BCUT2D eigenvalue weighted by atomic mass is 79.9. The molecule has 0 spiro atoms. The predicted molar refractivity (Wildman–Crippen MR) is 74.7 cm³/mol. The van der Waals surface area contributed by atoms with Crippen LogP contribution in [0.3, 0.4) is 0 Å². The third-order valence-corrected chi connectivity index (χ3v) is 3.98. The molecule has 1 N–H and O–H groups in total. The van der Waals surface area contributed by atoms with Crippen LogP contribution in [0.15, 0.2) is 28.7 Å². The van der Waals surface area contributed by atoms with E-state index in [0.29, 0.717) is 12.3 Å². The number of hydrogen-bond acceptors (Lipinski definition) is 3. The van der Waals surface area contributed by atoms with E-state index in [-0.39, 0.29) is 12.4 Å². The first kappa shape index (κ1) is 13.7. The van der Waals surface area contributed by atoms with Crippen LogP contribution in [-0.2, 0) is 0 Å². The van der Waals surface area contributed by atoms with E-state index in [0.717, 1.165) is 36.1 Å². The summed E-state index contributed by atoms with van der Waals surface area (Å²) in [6.07, 6.45) is 1.60. The smallest absolute Gasteiger partial charge is 0.164 e. The molecule has 98 valence electrons. The van der Waals surface area contributed by atoms with Gasteiger partial charge >= 0.3 is 0 Å². The average molecular weight is 312 g/mol. The first-order valence-electron chi connectivity index (χ1n) is 6.31. The number of carbonyl (C=O) groups excluding carboxylic acids is 1. The summed E-state index contributed by atoms with van der Waals surface area (Å²) < 4.78 is 0.990. The highest BCUT2D eigenvalue weighted by Gasteiger charge is 2.21. The fraction of sp³-hybridized carbons (Fsp3) is 0.500. The molecule has 2 rings (SSSR count). The molecule has 0 aromatic heterocycles. The number of Topliss-reactive ketones (excluding diaryl/α,β-unsaturated/α-hetero) is 1. The number of benzene rings is 1. The van der Waals surface area contributed by atoms with Crippen LogP contribution in [-0.4, -0.2) is 42.0 Å². The third-order valence-electron chi connectivity index (χ3n) is 3.45. The Morgan fingerprint density at radius 3 is 2.72 bits per heavy atom. The molecule has 3 nitrogen and oxygen atoms in total. The van der Waals surface area contributed by atoms with Gasteiger partial charge in [0.15, 0.2) is 5.78 Å². The van der Waals surface area contributed by atoms with E-state index in [4.69, 9.17) is 5.11 Å². The van der Waals surface area contributed by atoms with Crippen molar-refractivity contribution in [1.82, 2.24) is 4.90 Å². The van der Waals surface area contributed by atoms with Gasteiger partial charge in [0.25, 0.3) is 0 Å². The van der Waals surface area contributed by atoms with E-state index < -0.39 is 0 Å². The molecule has 18 heavy (non-hydrogen) atoms. The van der Waals surface area contributed by atoms with Crippen molar-refractivity contribution < 1.29 is 9.90 Å². The van der Waals surface area contributed by atoms with Gasteiger partial charge < -0.3 is 10.0 Å². The van der Waals surface area contributed by atoms with Crippen molar-refractivity contribution in [3.8, 4) is 0 Å². The zero-order chi connectivity index (χ0) is 13.0. The van der Waals surface area contributed by atoms with Gasteiger partial charge in [-0.1, -0.05) is 28.1 Å². The van der Waals surface area contributed by atoms with Crippen LogP contribution in [0.5, 0.6) is 0 Å². The lowest BCUT2D eigenvalue weighted by atomic mass is 10.1. The second-order valence-electron chi connectivity index (χ2n) is 4.82.